The average Bonchev–Trinajstić information content (AvgIpc) is 3.07. The molecule has 128 valence electrons. The maximum atomic E-state index is 12.6. The molecule has 2 aromatic carbocycles. The second-order valence-electron chi connectivity index (χ2n) is 6.20. The number of ether oxygens (including phenoxy) is 2. The molecular weight excluding hydrogens is 328 g/mol. The molecule has 5 nitrogen and oxygen atoms in total. The van der Waals surface area contributed by atoms with Crippen LogP contribution in [0.2, 0.25) is 0 Å². The Kier molecular flexibility index (Phi) is 3.06. The van der Waals surface area contributed by atoms with Gasteiger partial charge in [0.25, 0.3) is 0 Å². The zero-order chi connectivity index (χ0) is 17.8. The smallest absolute Gasteiger partial charge is 0.355 e. The van der Waals surface area contributed by atoms with Crippen LogP contribution < -0.4 is 4.74 Å². The quantitative estimate of drug-likeness (QED) is 0.276. The molecule has 0 spiro atoms. The predicted octanol–water partition coefficient (Wildman–Crippen LogP) is 4.42. The summed E-state index contributed by atoms with van der Waals surface area (Å²) in [4.78, 5) is 17.2. The number of aromatic nitrogens is 2. The number of pyridine rings is 2. The van der Waals surface area contributed by atoms with E-state index in [9.17, 15) is 4.79 Å². The maximum absolute atomic E-state index is 12.6. The van der Waals surface area contributed by atoms with Gasteiger partial charge in [-0.25, -0.2) is 4.79 Å². The van der Waals surface area contributed by atoms with Gasteiger partial charge in [-0.3, -0.25) is 4.98 Å². The van der Waals surface area contributed by atoms with Crippen molar-refractivity contribution in [3.63, 3.8) is 0 Å². The van der Waals surface area contributed by atoms with E-state index in [1.807, 2.05) is 47.7 Å². The van der Waals surface area contributed by atoms with Gasteiger partial charge in [0.15, 0.2) is 0 Å². The molecule has 5 aromatic rings. The topological polar surface area (TPSA) is 52.8 Å². The number of para-hydroxylation sites is 1. The first-order chi connectivity index (χ1) is 12.7. The molecule has 0 aliphatic heterocycles. The van der Waals surface area contributed by atoms with E-state index in [-0.39, 0.29) is 5.97 Å². The van der Waals surface area contributed by atoms with Crippen LogP contribution in [-0.4, -0.2) is 29.1 Å². The van der Waals surface area contributed by atoms with Crippen molar-refractivity contribution in [3.8, 4) is 5.75 Å². The van der Waals surface area contributed by atoms with Crippen LogP contribution in [0.4, 0.5) is 0 Å². The lowest BCUT2D eigenvalue weighted by Gasteiger charge is -2.14. The number of nitrogens with zero attached hydrogens (tertiary/aromatic N) is 2. The van der Waals surface area contributed by atoms with Gasteiger partial charge in [0.2, 0.25) is 0 Å². The van der Waals surface area contributed by atoms with Crippen molar-refractivity contribution in [1.82, 2.24) is 9.38 Å². The minimum absolute atomic E-state index is 0.332. The Bertz CT molecular complexity index is 1300. The molecule has 0 unspecified atom stereocenters. The highest BCUT2D eigenvalue weighted by Gasteiger charge is 2.23. The maximum Gasteiger partial charge on any atom is 0.355 e. The molecule has 0 saturated carbocycles. The van der Waals surface area contributed by atoms with Crippen molar-refractivity contribution in [2.75, 3.05) is 13.7 Å². The monoisotopic (exact) mass is 344 g/mol. The van der Waals surface area contributed by atoms with Crippen molar-refractivity contribution in [2.24, 2.45) is 0 Å². The molecule has 0 aliphatic rings. The summed E-state index contributed by atoms with van der Waals surface area (Å²) in [7, 11) is 1.64. The number of hydrogen-bond acceptors (Lipinski definition) is 4. The normalized spacial score (nSPS) is 11.8. The molecule has 26 heavy (non-hydrogen) atoms. The third-order valence-electron chi connectivity index (χ3n) is 4.88. The summed E-state index contributed by atoms with van der Waals surface area (Å²) in [6, 6.07) is 13.9. The number of rotatable bonds is 3. The van der Waals surface area contributed by atoms with Gasteiger partial charge in [-0.15, -0.1) is 0 Å². The highest BCUT2D eigenvalue weighted by atomic mass is 16.5. The van der Waals surface area contributed by atoms with E-state index in [0.29, 0.717) is 18.1 Å². The fourth-order valence-corrected chi connectivity index (χ4v) is 3.88. The average molecular weight is 344 g/mol. The van der Waals surface area contributed by atoms with Crippen LogP contribution >= 0.6 is 0 Å². The highest BCUT2D eigenvalue weighted by molar-refractivity contribution is 6.24. The van der Waals surface area contributed by atoms with Crippen LogP contribution in [0.15, 0.2) is 48.7 Å². The van der Waals surface area contributed by atoms with Gasteiger partial charge >= 0.3 is 5.97 Å². The number of esters is 1. The predicted molar refractivity (Wildman–Crippen MR) is 101 cm³/mol. The standard InChI is InChI=1S/C21H16N2O3/c1-3-26-21(24)16-10-12-11-17(25-2)19-18-14(8-9-22-19)13-6-4-5-7-15(13)23(16)20(12)18/h4-11H,3H2,1-2H3. The zero-order valence-corrected chi connectivity index (χ0v) is 14.4. The summed E-state index contributed by atoms with van der Waals surface area (Å²) >= 11 is 0. The lowest BCUT2D eigenvalue weighted by Crippen LogP contribution is -2.08. The van der Waals surface area contributed by atoms with E-state index in [2.05, 4.69) is 11.1 Å². The van der Waals surface area contributed by atoms with E-state index in [0.717, 1.165) is 38.1 Å². The zero-order valence-electron chi connectivity index (χ0n) is 14.4. The van der Waals surface area contributed by atoms with Gasteiger partial charge in [0, 0.05) is 22.4 Å². The Labute approximate surface area is 149 Å². The molecule has 3 aromatic heterocycles. The summed E-state index contributed by atoms with van der Waals surface area (Å²) in [6.45, 7) is 2.14. The van der Waals surface area contributed by atoms with Crippen molar-refractivity contribution in [3.05, 3.63) is 54.4 Å². The van der Waals surface area contributed by atoms with Crippen molar-refractivity contribution >= 4 is 44.1 Å². The third-order valence-corrected chi connectivity index (χ3v) is 4.88. The van der Waals surface area contributed by atoms with Gasteiger partial charge in [0.1, 0.15) is 17.0 Å². The number of carbonyl (C=O) groups excluding carboxylic acids is 1. The number of carbonyl (C=O) groups is 1. The Morgan fingerprint density at radius 3 is 2.81 bits per heavy atom. The van der Waals surface area contributed by atoms with Gasteiger partial charge in [-0.05, 0) is 36.6 Å². The summed E-state index contributed by atoms with van der Waals surface area (Å²) in [6.07, 6.45) is 1.80. The Morgan fingerprint density at radius 1 is 1.15 bits per heavy atom. The molecule has 0 saturated heterocycles. The van der Waals surface area contributed by atoms with Crippen molar-refractivity contribution in [1.29, 1.82) is 0 Å². The Hall–Kier alpha value is -3.34. The van der Waals surface area contributed by atoms with Crippen LogP contribution in [0.1, 0.15) is 17.4 Å². The lowest BCUT2D eigenvalue weighted by molar-refractivity contribution is 0.0519. The largest absolute Gasteiger partial charge is 0.494 e. The molecule has 5 heteroatoms. The second-order valence-corrected chi connectivity index (χ2v) is 6.20. The molecule has 3 heterocycles. The van der Waals surface area contributed by atoms with Crippen LogP contribution in [-0.2, 0) is 4.74 Å². The van der Waals surface area contributed by atoms with Crippen LogP contribution in [0.3, 0.4) is 0 Å². The molecule has 0 amide bonds. The number of methoxy groups -OCH3 is 1. The van der Waals surface area contributed by atoms with E-state index < -0.39 is 0 Å². The molecule has 0 aliphatic carbocycles. The van der Waals surface area contributed by atoms with Gasteiger partial charge < -0.3 is 13.9 Å². The molecule has 0 N–H and O–H groups in total. The summed E-state index contributed by atoms with van der Waals surface area (Å²) in [5, 5.41) is 4.08. The van der Waals surface area contributed by atoms with E-state index >= 15 is 0 Å². The van der Waals surface area contributed by atoms with Crippen LogP contribution in [0, 0.1) is 0 Å². The number of benzene rings is 2. The van der Waals surface area contributed by atoms with Gasteiger partial charge in [-0.2, -0.15) is 0 Å². The summed E-state index contributed by atoms with van der Waals surface area (Å²) in [5.74, 6) is 0.360. The van der Waals surface area contributed by atoms with Crippen molar-refractivity contribution in [2.45, 2.75) is 6.92 Å². The minimum atomic E-state index is -0.335. The van der Waals surface area contributed by atoms with Crippen molar-refractivity contribution < 1.29 is 14.3 Å². The number of fused-ring (bicyclic) bond motifs is 3. The Balaban J connectivity index is 2.11. The lowest BCUT2D eigenvalue weighted by atomic mass is 10.0. The fraction of sp³-hybridized carbons (Fsp3) is 0.143. The first-order valence-corrected chi connectivity index (χ1v) is 8.52. The second kappa shape index (κ2) is 5.33. The molecular formula is C21H16N2O3. The summed E-state index contributed by atoms with van der Waals surface area (Å²) < 4.78 is 12.9. The highest BCUT2D eigenvalue weighted by Crippen LogP contribution is 2.41. The minimum Gasteiger partial charge on any atom is -0.494 e. The first-order valence-electron chi connectivity index (χ1n) is 8.52. The fourth-order valence-electron chi connectivity index (χ4n) is 3.88. The third kappa shape index (κ3) is 1.80. The van der Waals surface area contributed by atoms with E-state index in [1.54, 1.807) is 13.3 Å². The van der Waals surface area contributed by atoms with E-state index in [4.69, 9.17) is 9.47 Å². The van der Waals surface area contributed by atoms with E-state index in [1.165, 1.54) is 0 Å². The van der Waals surface area contributed by atoms with Gasteiger partial charge in [-0.1, -0.05) is 18.2 Å². The Morgan fingerprint density at radius 2 is 2.00 bits per heavy atom. The van der Waals surface area contributed by atoms with Gasteiger partial charge in [0.05, 0.1) is 24.8 Å². The SMILES string of the molecule is CCOC(=O)c1cc2cc(OC)c3nccc4c5ccccc5n1c2c34. The molecule has 0 bridgehead atoms. The molecule has 0 radical (unpaired) electrons. The molecule has 5 rings (SSSR count). The number of hydrogen-bond donors (Lipinski definition) is 0. The molecule has 0 atom stereocenters. The molecule has 0 fully saturated rings. The van der Waals surface area contributed by atoms with Crippen LogP contribution in [0.25, 0.3) is 38.1 Å². The van der Waals surface area contributed by atoms with Crippen LogP contribution in [0.5, 0.6) is 5.75 Å². The summed E-state index contributed by atoms with van der Waals surface area (Å²) in [5.41, 5.74) is 3.24. The first kappa shape index (κ1) is 15.0.